The number of β-lactam (4-membered cyclic amide) rings is 1. The van der Waals surface area contributed by atoms with Gasteiger partial charge >= 0.3 is 0 Å². The van der Waals surface area contributed by atoms with Crippen LogP contribution in [0.1, 0.15) is 12.8 Å². The van der Waals surface area contributed by atoms with Gasteiger partial charge < -0.3 is 14.4 Å². The van der Waals surface area contributed by atoms with E-state index in [-0.39, 0.29) is 12.7 Å². The summed E-state index contributed by atoms with van der Waals surface area (Å²) >= 11 is 0. The zero-order valence-electron chi connectivity index (χ0n) is 15.2. The average molecular weight is 400 g/mol. The maximum atomic E-state index is 13.0. The Hall–Kier alpha value is -2.58. The molecule has 2 aromatic rings. The van der Waals surface area contributed by atoms with Crippen LogP contribution in [-0.4, -0.2) is 45.1 Å². The zero-order chi connectivity index (χ0) is 19.4. The number of ether oxygens (including phenoxy) is 2. The number of hydrogen-bond acceptors (Lipinski definition) is 5. The molecule has 0 radical (unpaired) electrons. The molecule has 146 valence electrons. The normalized spacial score (nSPS) is 21.0. The van der Waals surface area contributed by atoms with E-state index < -0.39 is 15.4 Å². The highest BCUT2D eigenvalue weighted by molar-refractivity contribution is 7.89. The highest BCUT2D eigenvalue weighted by Crippen LogP contribution is 2.46. The number of carbonyl (C=O) groups is 1. The van der Waals surface area contributed by atoms with Crippen molar-refractivity contribution in [1.82, 2.24) is 4.31 Å². The maximum Gasteiger partial charge on any atom is 0.243 e. The molecule has 3 aliphatic rings. The summed E-state index contributed by atoms with van der Waals surface area (Å²) in [4.78, 5) is 15.0. The number of anilines is 1. The Balaban J connectivity index is 1.28. The van der Waals surface area contributed by atoms with Crippen LogP contribution in [0.25, 0.3) is 0 Å². The predicted molar refractivity (Wildman–Crippen MR) is 102 cm³/mol. The number of sulfonamides is 1. The number of piperidine rings is 1. The number of benzene rings is 2. The van der Waals surface area contributed by atoms with Crippen molar-refractivity contribution < 1.29 is 22.7 Å². The molecule has 7 nitrogen and oxygen atoms in total. The molecule has 0 atom stereocenters. The minimum atomic E-state index is -3.51. The highest BCUT2D eigenvalue weighted by atomic mass is 32.2. The lowest BCUT2D eigenvalue weighted by Crippen LogP contribution is -2.65. The van der Waals surface area contributed by atoms with E-state index in [0.29, 0.717) is 48.9 Å². The van der Waals surface area contributed by atoms with E-state index in [2.05, 4.69) is 0 Å². The number of hydrogen-bond donors (Lipinski definition) is 0. The van der Waals surface area contributed by atoms with Gasteiger partial charge in [-0.15, -0.1) is 0 Å². The summed E-state index contributed by atoms with van der Waals surface area (Å²) in [6.45, 7) is 1.52. The van der Waals surface area contributed by atoms with Gasteiger partial charge in [0.25, 0.3) is 0 Å². The first-order valence-electron chi connectivity index (χ1n) is 9.27. The summed E-state index contributed by atoms with van der Waals surface area (Å²) in [7, 11) is -3.51. The molecule has 2 saturated heterocycles. The highest BCUT2D eigenvalue weighted by Gasteiger charge is 2.54. The third-order valence-corrected chi connectivity index (χ3v) is 7.80. The molecule has 1 spiro atoms. The van der Waals surface area contributed by atoms with Gasteiger partial charge in [-0.05, 0) is 37.1 Å². The van der Waals surface area contributed by atoms with Crippen molar-refractivity contribution in [3.8, 4) is 11.5 Å². The number of fused-ring (bicyclic) bond motifs is 1. The van der Waals surface area contributed by atoms with Gasteiger partial charge in [0.1, 0.15) is 0 Å². The third-order valence-electron chi connectivity index (χ3n) is 5.89. The largest absolute Gasteiger partial charge is 0.454 e. The molecule has 0 unspecified atom stereocenters. The van der Waals surface area contributed by atoms with E-state index in [0.717, 1.165) is 5.69 Å². The van der Waals surface area contributed by atoms with E-state index in [4.69, 9.17) is 9.47 Å². The minimum absolute atomic E-state index is 0.0584. The van der Waals surface area contributed by atoms with Crippen LogP contribution in [0, 0.1) is 5.41 Å². The van der Waals surface area contributed by atoms with Crippen molar-refractivity contribution >= 4 is 21.6 Å². The second kappa shape index (κ2) is 6.22. The fraction of sp³-hybridized carbons (Fsp3) is 0.350. The molecular formula is C20H20N2O5S. The first-order chi connectivity index (χ1) is 13.5. The molecule has 3 heterocycles. The van der Waals surface area contributed by atoms with E-state index >= 15 is 0 Å². The summed E-state index contributed by atoms with van der Waals surface area (Å²) in [5.41, 5.74) is 0.332. The minimum Gasteiger partial charge on any atom is -0.454 e. The predicted octanol–water partition coefficient (Wildman–Crippen LogP) is 2.23. The van der Waals surface area contributed by atoms with Gasteiger partial charge in [-0.25, -0.2) is 8.42 Å². The lowest BCUT2D eigenvalue weighted by atomic mass is 9.71. The maximum absolute atomic E-state index is 13.0. The SMILES string of the molecule is O=C1N(c2ccc3c(c2)OCO3)CC12CCN(S(=O)(=O)c1ccccc1)CC2. The standard InChI is InChI=1S/C20H20N2O5S/c23-19-20(13-22(19)15-6-7-17-18(12-15)27-14-26-17)8-10-21(11-9-20)28(24,25)16-4-2-1-3-5-16/h1-7,12H,8-11,13-14H2. The molecular weight excluding hydrogens is 380 g/mol. The van der Waals surface area contributed by atoms with Crippen molar-refractivity contribution in [3.05, 3.63) is 48.5 Å². The van der Waals surface area contributed by atoms with Crippen molar-refractivity contribution in [2.75, 3.05) is 31.3 Å². The summed E-state index contributed by atoms with van der Waals surface area (Å²) in [6.07, 6.45) is 1.08. The monoisotopic (exact) mass is 400 g/mol. The van der Waals surface area contributed by atoms with Crippen LogP contribution in [-0.2, 0) is 14.8 Å². The first-order valence-corrected chi connectivity index (χ1v) is 10.7. The molecule has 0 saturated carbocycles. The van der Waals surface area contributed by atoms with E-state index in [1.165, 1.54) is 4.31 Å². The molecule has 2 aromatic carbocycles. The lowest BCUT2D eigenvalue weighted by Gasteiger charge is -2.52. The van der Waals surface area contributed by atoms with Crippen molar-refractivity contribution in [2.45, 2.75) is 17.7 Å². The van der Waals surface area contributed by atoms with Crippen molar-refractivity contribution in [3.63, 3.8) is 0 Å². The molecule has 0 bridgehead atoms. The Morgan fingerprint density at radius 3 is 2.36 bits per heavy atom. The van der Waals surface area contributed by atoms with E-state index in [9.17, 15) is 13.2 Å². The molecule has 28 heavy (non-hydrogen) atoms. The first kappa shape index (κ1) is 17.5. The fourth-order valence-corrected chi connectivity index (χ4v) is 5.63. The van der Waals surface area contributed by atoms with Crippen molar-refractivity contribution in [2.24, 2.45) is 5.41 Å². The Morgan fingerprint density at radius 1 is 0.929 bits per heavy atom. The number of rotatable bonds is 3. The average Bonchev–Trinajstić information content (AvgIpc) is 3.20. The lowest BCUT2D eigenvalue weighted by molar-refractivity contribution is -0.137. The van der Waals surface area contributed by atoms with E-state index in [1.807, 2.05) is 18.2 Å². The number of nitrogens with zero attached hydrogens (tertiary/aromatic N) is 2. The topological polar surface area (TPSA) is 76.2 Å². The van der Waals surface area contributed by atoms with Crippen molar-refractivity contribution in [1.29, 1.82) is 0 Å². The molecule has 5 rings (SSSR count). The van der Waals surface area contributed by atoms with Crippen LogP contribution in [0.2, 0.25) is 0 Å². The second-order valence-electron chi connectivity index (χ2n) is 7.43. The zero-order valence-corrected chi connectivity index (χ0v) is 16.0. The molecule has 3 aliphatic heterocycles. The Kier molecular flexibility index (Phi) is 3.89. The summed E-state index contributed by atoms with van der Waals surface area (Å²) < 4.78 is 37.8. The fourth-order valence-electron chi connectivity index (χ4n) is 4.17. The molecule has 2 fully saturated rings. The quantitative estimate of drug-likeness (QED) is 0.739. The van der Waals surface area contributed by atoms with Gasteiger partial charge in [-0.2, -0.15) is 4.31 Å². The van der Waals surface area contributed by atoms with Gasteiger partial charge in [0.2, 0.25) is 22.7 Å². The van der Waals surface area contributed by atoms with E-state index in [1.54, 1.807) is 35.2 Å². The summed E-state index contributed by atoms with van der Waals surface area (Å²) in [5, 5.41) is 0. The molecule has 0 aromatic heterocycles. The molecule has 0 N–H and O–H groups in total. The molecule has 1 amide bonds. The van der Waals surface area contributed by atoms with Crippen LogP contribution in [0.5, 0.6) is 11.5 Å². The van der Waals surface area contributed by atoms with Gasteiger partial charge in [0.05, 0.1) is 10.3 Å². The Morgan fingerprint density at radius 2 is 1.64 bits per heavy atom. The van der Waals surface area contributed by atoms with Crippen LogP contribution in [0.3, 0.4) is 0 Å². The van der Waals surface area contributed by atoms with Gasteiger partial charge in [0, 0.05) is 31.4 Å². The van der Waals surface area contributed by atoms with Gasteiger partial charge in [-0.1, -0.05) is 18.2 Å². The third kappa shape index (κ3) is 2.59. The van der Waals surface area contributed by atoms with Crippen LogP contribution >= 0.6 is 0 Å². The second-order valence-corrected chi connectivity index (χ2v) is 9.36. The number of amides is 1. The van der Waals surface area contributed by atoms with Crippen LogP contribution in [0.4, 0.5) is 5.69 Å². The summed E-state index contributed by atoms with van der Waals surface area (Å²) in [5.74, 6) is 1.39. The van der Waals surface area contributed by atoms with Crippen LogP contribution < -0.4 is 14.4 Å². The van der Waals surface area contributed by atoms with Gasteiger partial charge in [-0.3, -0.25) is 4.79 Å². The Labute approximate surface area is 163 Å². The van der Waals surface area contributed by atoms with Gasteiger partial charge in [0.15, 0.2) is 11.5 Å². The molecule has 8 heteroatoms. The van der Waals surface area contributed by atoms with Crippen LogP contribution in [0.15, 0.2) is 53.4 Å². The number of carbonyl (C=O) groups excluding carboxylic acids is 1. The smallest absolute Gasteiger partial charge is 0.243 e. The summed E-state index contributed by atoms with van der Waals surface area (Å²) in [6, 6.07) is 13.9. The molecule has 0 aliphatic carbocycles. The Bertz CT molecular complexity index is 1030.